The normalized spacial score (nSPS) is 15.1. The lowest BCUT2D eigenvalue weighted by molar-refractivity contribution is -0.146. The molecule has 1 unspecified atom stereocenters. The molecule has 0 bridgehead atoms. The smallest absolute Gasteiger partial charge is 0.315 e. The third-order valence-electron chi connectivity index (χ3n) is 5.58. The van der Waals surface area contributed by atoms with Gasteiger partial charge in [0.2, 0.25) is 5.91 Å². The Morgan fingerprint density at radius 3 is 2.56 bits per heavy atom. The SMILES string of the molecule is COc1ccc(CC(NC(=O)NCCc2c[nH]cn2)C(=O)N2CCC(C(=O)O)CC2)cc1. The molecule has 1 aliphatic heterocycles. The Morgan fingerprint density at radius 1 is 1.25 bits per heavy atom. The summed E-state index contributed by atoms with van der Waals surface area (Å²) in [7, 11) is 1.58. The highest BCUT2D eigenvalue weighted by Crippen LogP contribution is 2.19. The van der Waals surface area contributed by atoms with Gasteiger partial charge in [-0.1, -0.05) is 12.1 Å². The molecule has 0 spiro atoms. The third-order valence-corrected chi connectivity index (χ3v) is 5.58. The van der Waals surface area contributed by atoms with Gasteiger partial charge in [0.25, 0.3) is 0 Å². The fourth-order valence-electron chi connectivity index (χ4n) is 3.71. The number of carboxylic acid groups (broad SMARTS) is 1. The third kappa shape index (κ3) is 6.47. The van der Waals surface area contributed by atoms with Gasteiger partial charge in [0.1, 0.15) is 11.8 Å². The van der Waals surface area contributed by atoms with Crippen LogP contribution in [0, 0.1) is 5.92 Å². The predicted octanol–water partition coefficient (Wildman–Crippen LogP) is 1.19. The first kappa shape index (κ1) is 23.1. The first-order valence-corrected chi connectivity index (χ1v) is 10.6. The number of amides is 3. The number of methoxy groups -OCH3 is 1. The minimum absolute atomic E-state index is 0.216. The molecule has 1 aromatic carbocycles. The number of aromatic nitrogens is 2. The monoisotopic (exact) mass is 443 g/mol. The number of carbonyl (C=O) groups excluding carboxylic acids is 2. The topological polar surface area (TPSA) is 137 Å². The molecule has 1 atom stereocenters. The molecule has 2 heterocycles. The number of aliphatic carboxylic acids is 1. The second-order valence-electron chi connectivity index (χ2n) is 7.75. The Labute approximate surface area is 186 Å². The minimum atomic E-state index is -0.832. The Balaban J connectivity index is 1.62. The summed E-state index contributed by atoms with van der Waals surface area (Å²) < 4.78 is 5.18. The van der Waals surface area contributed by atoms with E-state index < -0.39 is 24.0 Å². The Kier molecular flexibility index (Phi) is 8.07. The quantitative estimate of drug-likeness (QED) is 0.460. The lowest BCUT2D eigenvalue weighted by atomic mass is 9.96. The maximum absolute atomic E-state index is 13.2. The second-order valence-corrected chi connectivity index (χ2v) is 7.75. The first-order chi connectivity index (χ1) is 15.5. The summed E-state index contributed by atoms with van der Waals surface area (Å²) in [5.41, 5.74) is 1.71. The van der Waals surface area contributed by atoms with Crippen molar-refractivity contribution in [2.75, 3.05) is 26.7 Å². The largest absolute Gasteiger partial charge is 0.497 e. The molecule has 1 fully saturated rings. The lowest BCUT2D eigenvalue weighted by Crippen LogP contribution is -2.54. The van der Waals surface area contributed by atoms with E-state index in [4.69, 9.17) is 4.74 Å². The van der Waals surface area contributed by atoms with Crippen LogP contribution in [0.1, 0.15) is 24.1 Å². The number of ether oxygens (including phenoxy) is 1. The van der Waals surface area contributed by atoms with Gasteiger partial charge in [-0.15, -0.1) is 0 Å². The summed E-state index contributed by atoms with van der Waals surface area (Å²) in [6.45, 7) is 1.10. The molecule has 10 heteroatoms. The summed E-state index contributed by atoms with van der Waals surface area (Å²) in [6, 6.07) is 6.11. The zero-order chi connectivity index (χ0) is 22.9. The van der Waals surface area contributed by atoms with E-state index in [1.807, 2.05) is 12.1 Å². The number of urea groups is 1. The van der Waals surface area contributed by atoms with Gasteiger partial charge in [-0.3, -0.25) is 9.59 Å². The van der Waals surface area contributed by atoms with Gasteiger partial charge in [0.15, 0.2) is 0 Å². The van der Waals surface area contributed by atoms with Crippen LogP contribution in [0.5, 0.6) is 5.75 Å². The van der Waals surface area contributed by atoms with Crippen LogP contribution in [0.4, 0.5) is 4.79 Å². The number of benzene rings is 1. The summed E-state index contributed by atoms with van der Waals surface area (Å²) in [4.78, 5) is 45.5. The molecular formula is C22H29N5O5. The number of imidazole rings is 1. The van der Waals surface area contributed by atoms with Gasteiger partial charge >= 0.3 is 12.0 Å². The van der Waals surface area contributed by atoms with Crippen molar-refractivity contribution in [1.82, 2.24) is 25.5 Å². The molecule has 4 N–H and O–H groups in total. The molecule has 172 valence electrons. The molecule has 1 aliphatic rings. The van der Waals surface area contributed by atoms with Crippen LogP contribution < -0.4 is 15.4 Å². The molecule has 2 aromatic rings. The van der Waals surface area contributed by atoms with E-state index in [0.717, 1.165) is 11.3 Å². The highest BCUT2D eigenvalue weighted by atomic mass is 16.5. The van der Waals surface area contributed by atoms with Crippen molar-refractivity contribution in [2.45, 2.75) is 31.7 Å². The number of piperidine rings is 1. The van der Waals surface area contributed by atoms with E-state index in [1.165, 1.54) is 0 Å². The van der Waals surface area contributed by atoms with Gasteiger partial charge in [0.05, 0.1) is 25.0 Å². The Hall–Kier alpha value is -3.56. The minimum Gasteiger partial charge on any atom is -0.497 e. The van der Waals surface area contributed by atoms with Crippen LogP contribution in [0.15, 0.2) is 36.8 Å². The highest BCUT2D eigenvalue weighted by Gasteiger charge is 2.31. The Bertz CT molecular complexity index is 892. The number of hydrogen-bond donors (Lipinski definition) is 4. The maximum Gasteiger partial charge on any atom is 0.315 e. The predicted molar refractivity (Wildman–Crippen MR) is 116 cm³/mol. The number of nitrogens with zero attached hydrogens (tertiary/aromatic N) is 2. The molecular weight excluding hydrogens is 414 g/mol. The van der Waals surface area contributed by atoms with Gasteiger partial charge in [-0.2, -0.15) is 0 Å². The molecule has 10 nitrogen and oxygen atoms in total. The summed E-state index contributed by atoms with van der Waals surface area (Å²) in [6.07, 6.45) is 5.03. The maximum atomic E-state index is 13.2. The van der Waals surface area contributed by atoms with Crippen LogP contribution in [-0.2, 0) is 22.4 Å². The number of nitrogens with one attached hydrogen (secondary N) is 3. The van der Waals surface area contributed by atoms with Crippen LogP contribution in [0.2, 0.25) is 0 Å². The molecule has 3 amide bonds. The van der Waals surface area contributed by atoms with Gasteiger partial charge in [-0.25, -0.2) is 9.78 Å². The van der Waals surface area contributed by atoms with Crippen LogP contribution in [-0.4, -0.2) is 70.7 Å². The molecule has 1 aromatic heterocycles. The van der Waals surface area contributed by atoms with Crippen molar-refractivity contribution in [3.05, 3.63) is 48.0 Å². The molecule has 32 heavy (non-hydrogen) atoms. The van der Waals surface area contributed by atoms with E-state index in [9.17, 15) is 19.5 Å². The number of aromatic amines is 1. The molecule has 1 saturated heterocycles. The average Bonchev–Trinajstić information content (AvgIpc) is 3.32. The number of rotatable bonds is 9. The first-order valence-electron chi connectivity index (χ1n) is 10.6. The van der Waals surface area contributed by atoms with E-state index in [2.05, 4.69) is 20.6 Å². The van der Waals surface area contributed by atoms with E-state index >= 15 is 0 Å². The fraction of sp³-hybridized carbons (Fsp3) is 0.455. The number of carboxylic acids is 1. The van der Waals surface area contributed by atoms with Crippen molar-refractivity contribution < 1.29 is 24.2 Å². The van der Waals surface area contributed by atoms with E-state index in [-0.39, 0.29) is 5.91 Å². The van der Waals surface area contributed by atoms with Crippen molar-refractivity contribution in [2.24, 2.45) is 5.92 Å². The van der Waals surface area contributed by atoms with Crippen LogP contribution >= 0.6 is 0 Å². The van der Waals surface area contributed by atoms with Crippen molar-refractivity contribution in [1.29, 1.82) is 0 Å². The van der Waals surface area contributed by atoms with Crippen LogP contribution in [0.3, 0.4) is 0 Å². The summed E-state index contributed by atoms with van der Waals surface area (Å²) in [5.74, 6) is -0.776. The number of likely N-dealkylation sites (tertiary alicyclic amines) is 1. The zero-order valence-electron chi connectivity index (χ0n) is 18.0. The van der Waals surface area contributed by atoms with Gasteiger partial charge in [-0.05, 0) is 30.5 Å². The highest BCUT2D eigenvalue weighted by molar-refractivity contribution is 5.87. The van der Waals surface area contributed by atoms with Crippen molar-refractivity contribution in [3.8, 4) is 5.75 Å². The number of carbonyl (C=O) groups is 3. The van der Waals surface area contributed by atoms with Gasteiger partial charge in [0, 0.05) is 38.7 Å². The van der Waals surface area contributed by atoms with Crippen molar-refractivity contribution >= 4 is 17.9 Å². The molecule has 3 rings (SSSR count). The zero-order valence-corrected chi connectivity index (χ0v) is 18.0. The van der Waals surface area contributed by atoms with Crippen LogP contribution in [0.25, 0.3) is 0 Å². The summed E-state index contributed by atoms with van der Waals surface area (Å²) in [5, 5.41) is 14.7. The summed E-state index contributed by atoms with van der Waals surface area (Å²) >= 11 is 0. The lowest BCUT2D eigenvalue weighted by Gasteiger charge is -2.33. The number of H-pyrrole nitrogens is 1. The Morgan fingerprint density at radius 2 is 1.97 bits per heavy atom. The molecule has 0 radical (unpaired) electrons. The van der Waals surface area contributed by atoms with Crippen molar-refractivity contribution in [3.63, 3.8) is 0 Å². The molecule has 0 aliphatic carbocycles. The fourth-order valence-corrected chi connectivity index (χ4v) is 3.71. The van der Waals surface area contributed by atoms with E-state index in [1.54, 1.807) is 36.7 Å². The van der Waals surface area contributed by atoms with E-state index in [0.29, 0.717) is 51.1 Å². The van der Waals surface area contributed by atoms with Gasteiger partial charge < -0.3 is 30.4 Å². The molecule has 0 saturated carbocycles. The number of hydrogen-bond acceptors (Lipinski definition) is 5. The standard InChI is InChI=1S/C22H29N5O5/c1-32-18-4-2-15(3-5-18)12-19(20(28)27-10-7-16(8-11-27)21(29)30)26-22(31)24-9-6-17-13-23-14-25-17/h2-5,13-14,16,19H,6-12H2,1H3,(H,23,25)(H,29,30)(H2,24,26,31). The average molecular weight is 444 g/mol. The second kappa shape index (κ2) is 11.2.